The van der Waals surface area contributed by atoms with Crippen molar-refractivity contribution >= 4 is 32.8 Å². The minimum absolute atomic E-state index is 0.0421. The van der Waals surface area contributed by atoms with Crippen LogP contribution in [0, 0.1) is 30.5 Å². The molecule has 10 nitrogen and oxygen atoms in total. The van der Waals surface area contributed by atoms with Crippen LogP contribution in [0.2, 0.25) is 0 Å². The number of benzene rings is 1. The van der Waals surface area contributed by atoms with Crippen LogP contribution in [0.3, 0.4) is 0 Å². The minimum Gasteiger partial charge on any atom is -0.466 e. The molecule has 5 aromatic rings. The summed E-state index contributed by atoms with van der Waals surface area (Å²) in [7, 11) is -4.11. The van der Waals surface area contributed by atoms with Gasteiger partial charge in [0.1, 0.15) is 17.3 Å². The summed E-state index contributed by atoms with van der Waals surface area (Å²) in [4.78, 5) is 26.9. The largest absolute Gasteiger partial charge is 0.466 e. The van der Waals surface area contributed by atoms with Crippen LogP contribution in [0.25, 0.3) is 33.9 Å². The number of pyridine rings is 1. The Bertz CT molecular complexity index is 1980. The van der Waals surface area contributed by atoms with Gasteiger partial charge in [-0.25, -0.2) is 31.7 Å². The van der Waals surface area contributed by atoms with Gasteiger partial charge in [-0.15, -0.1) is 0 Å². The third-order valence-electron chi connectivity index (χ3n) is 8.99. The molecule has 45 heavy (non-hydrogen) atoms. The fourth-order valence-corrected chi connectivity index (χ4v) is 8.16. The Labute approximate surface area is 259 Å². The number of furan rings is 1. The number of ether oxygens (including phenoxy) is 1. The summed E-state index contributed by atoms with van der Waals surface area (Å²) in [6.45, 7) is 3.98. The van der Waals surface area contributed by atoms with Crippen molar-refractivity contribution in [3.05, 3.63) is 78.6 Å². The fourth-order valence-electron chi connectivity index (χ4n) is 6.84. The highest BCUT2D eigenvalue weighted by Crippen LogP contribution is 2.47. The van der Waals surface area contributed by atoms with E-state index in [1.807, 2.05) is 6.92 Å². The van der Waals surface area contributed by atoms with E-state index in [-0.39, 0.29) is 57.1 Å². The average molecular weight is 630 g/mol. The molecule has 0 saturated heterocycles. The number of anilines is 1. The maximum Gasteiger partial charge on any atom is 0.311 e. The Balaban J connectivity index is 1.37. The summed E-state index contributed by atoms with van der Waals surface area (Å²) in [5, 5.41) is 3.76. The van der Waals surface area contributed by atoms with Gasteiger partial charge in [0.05, 0.1) is 29.9 Å². The number of carbonyl (C=O) groups excluding carboxylic acids is 1. The van der Waals surface area contributed by atoms with Gasteiger partial charge in [0.15, 0.2) is 17.2 Å². The first kappa shape index (κ1) is 29.1. The van der Waals surface area contributed by atoms with Crippen LogP contribution in [0.4, 0.5) is 10.2 Å². The number of nitrogens with one attached hydrogen (secondary N) is 1. The van der Waals surface area contributed by atoms with E-state index in [0.29, 0.717) is 23.9 Å². The molecule has 3 aliphatic rings. The Morgan fingerprint density at radius 2 is 1.84 bits per heavy atom. The molecule has 1 aromatic carbocycles. The second kappa shape index (κ2) is 11.4. The van der Waals surface area contributed by atoms with Gasteiger partial charge >= 0.3 is 5.97 Å². The topological polar surface area (TPSA) is 129 Å². The summed E-state index contributed by atoms with van der Waals surface area (Å²) in [5.74, 6) is 0.365. The molecule has 3 saturated carbocycles. The first-order valence-corrected chi connectivity index (χ1v) is 16.5. The highest BCUT2D eigenvalue weighted by molar-refractivity contribution is 7.90. The Morgan fingerprint density at radius 1 is 1.09 bits per heavy atom. The van der Waals surface area contributed by atoms with Gasteiger partial charge < -0.3 is 14.5 Å². The molecule has 0 amide bonds. The normalized spacial score (nSPS) is 21.2. The second-order valence-corrected chi connectivity index (χ2v) is 13.6. The van der Waals surface area contributed by atoms with Crippen LogP contribution in [-0.4, -0.2) is 46.0 Å². The monoisotopic (exact) mass is 629 g/mol. The van der Waals surface area contributed by atoms with Crippen molar-refractivity contribution in [1.82, 2.24) is 18.9 Å². The van der Waals surface area contributed by atoms with Crippen LogP contribution in [0.15, 0.2) is 76.5 Å². The van der Waals surface area contributed by atoms with Gasteiger partial charge in [0, 0.05) is 29.3 Å². The third-order valence-corrected chi connectivity index (χ3v) is 10.7. The summed E-state index contributed by atoms with van der Waals surface area (Å²) in [5.41, 5.74) is 1.66. The average Bonchev–Trinajstić information content (AvgIpc) is 3.71. The molecule has 0 unspecified atom stereocenters. The van der Waals surface area contributed by atoms with Crippen molar-refractivity contribution in [2.75, 3.05) is 11.9 Å². The summed E-state index contributed by atoms with van der Waals surface area (Å²) in [6, 6.07) is 12.7. The molecule has 2 bridgehead atoms. The lowest BCUT2D eigenvalue weighted by Crippen LogP contribution is -2.52. The Morgan fingerprint density at radius 3 is 2.56 bits per heavy atom. The molecule has 1 N–H and O–H groups in total. The smallest absolute Gasteiger partial charge is 0.311 e. The number of hydrogen-bond donors (Lipinski definition) is 1. The predicted molar refractivity (Wildman–Crippen MR) is 165 cm³/mol. The number of esters is 1. The Hall–Kier alpha value is -4.58. The quantitative estimate of drug-likeness (QED) is 0.199. The first-order valence-electron chi connectivity index (χ1n) is 15.1. The maximum atomic E-state index is 14.6. The van der Waals surface area contributed by atoms with Crippen LogP contribution in [0.1, 0.15) is 38.2 Å². The maximum absolute atomic E-state index is 14.6. The number of nitrogens with zero attached hydrogens (tertiary/aromatic N) is 4. The lowest BCUT2D eigenvalue weighted by atomic mass is 9.61. The summed E-state index contributed by atoms with van der Waals surface area (Å²) in [6.07, 6.45) is 7.84. The second-order valence-electron chi connectivity index (χ2n) is 11.7. The fraction of sp³-hybridized carbons (Fsp3) is 0.333. The molecular formula is C33H32FN5O5S. The van der Waals surface area contributed by atoms with Crippen molar-refractivity contribution in [3.8, 4) is 22.8 Å². The zero-order valence-corrected chi connectivity index (χ0v) is 25.6. The number of carbonyl (C=O) groups is 1. The number of fused-ring (bicyclic) bond motifs is 4. The van der Waals surface area contributed by atoms with E-state index in [1.165, 1.54) is 30.7 Å². The molecule has 232 valence electrons. The van der Waals surface area contributed by atoms with E-state index in [2.05, 4.69) is 10.3 Å². The van der Waals surface area contributed by atoms with Crippen molar-refractivity contribution < 1.29 is 26.8 Å². The molecule has 8 rings (SSSR count). The lowest BCUT2D eigenvalue weighted by Gasteiger charge is -2.47. The molecule has 0 radical (unpaired) electrons. The van der Waals surface area contributed by atoms with Gasteiger partial charge in [-0.05, 0) is 81.7 Å². The van der Waals surface area contributed by atoms with E-state index in [4.69, 9.17) is 19.1 Å². The highest BCUT2D eigenvalue weighted by Gasteiger charge is 2.48. The SMILES string of the molecule is CCOC(=O)[C@H]1C2CCC(CC2)[C@@H]1Nc1cc(-c2ccco2)nc(-c2cn(S(=O)(=O)c3ccc(C)cc3)c3ncc(F)cc23)n1. The van der Waals surface area contributed by atoms with Crippen LogP contribution in [-0.2, 0) is 19.6 Å². The molecule has 4 heterocycles. The van der Waals surface area contributed by atoms with E-state index < -0.39 is 15.8 Å². The van der Waals surface area contributed by atoms with Gasteiger partial charge in [0.2, 0.25) is 0 Å². The highest BCUT2D eigenvalue weighted by atomic mass is 32.2. The summed E-state index contributed by atoms with van der Waals surface area (Å²) < 4.78 is 54.4. The Kier molecular flexibility index (Phi) is 7.39. The third kappa shape index (κ3) is 5.26. The van der Waals surface area contributed by atoms with Gasteiger partial charge in [0.25, 0.3) is 10.0 Å². The van der Waals surface area contributed by atoms with Crippen molar-refractivity contribution in [2.45, 2.75) is 50.5 Å². The number of halogens is 1. The molecule has 12 heteroatoms. The molecule has 4 aromatic heterocycles. The van der Waals surface area contributed by atoms with E-state index in [1.54, 1.807) is 37.3 Å². The number of aryl methyl sites for hydroxylation is 1. The molecule has 2 atom stereocenters. The zero-order valence-electron chi connectivity index (χ0n) is 24.8. The van der Waals surface area contributed by atoms with Crippen molar-refractivity contribution in [2.24, 2.45) is 17.8 Å². The number of aromatic nitrogens is 4. The molecular weight excluding hydrogens is 597 g/mol. The van der Waals surface area contributed by atoms with Gasteiger partial charge in [-0.2, -0.15) is 0 Å². The summed E-state index contributed by atoms with van der Waals surface area (Å²) >= 11 is 0. The van der Waals surface area contributed by atoms with Crippen LogP contribution >= 0.6 is 0 Å². The van der Waals surface area contributed by atoms with E-state index in [9.17, 15) is 17.6 Å². The minimum atomic E-state index is -4.11. The van der Waals surface area contributed by atoms with E-state index in [0.717, 1.165) is 41.4 Å². The van der Waals surface area contributed by atoms with Crippen LogP contribution in [0.5, 0.6) is 0 Å². The van der Waals surface area contributed by atoms with Gasteiger partial charge in [-0.3, -0.25) is 4.79 Å². The standard InChI is InChI=1S/C33H32FN5O5S/c1-3-43-33(40)29-20-8-10-21(11-9-20)30(29)37-28-16-26(27-5-4-14-44-27)36-31(38-28)25-18-39(32-24(25)15-22(34)17-35-32)45(41,42)23-12-6-19(2)7-13-23/h4-7,12-18,20-21,29-30H,3,8-11H2,1-2H3,(H,36,37,38)/t20?,21?,29-,30-/m0/s1. The number of rotatable bonds is 8. The predicted octanol–water partition coefficient (Wildman–Crippen LogP) is 6.22. The number of hydrogen-bond acceptors (Lipinski definition) is 9. The first-order chi connectivity index (χ1) is 21.7. The molecule has 0 aliphatic heterocycles. The zero-order chi connectivity index (χ0) is 31.3. The van der Waals surface area contributed by atoms with E-state index >= 15 is 0 Å². The van der Waals surface area contributed by atoms with Gasteiger partial charge in [-0.1, -0.05) is 17.7 Å². The molecule has 0 spiro atoms. The molecule has 3 aliphatic carbocycles. The lowest BCUT2D eigenvalue weighted by molar-refractivity contribution is -0.154. The van der Waals surface area contributed by atoms with Crippen molar-refractivity contribution in [1.29, 1.82) is 0 Å². The van der Waals surface area contributed by atoms with Crippen LogP contribution < -0.4 is 5.32 Å². The van der Waals surface area contributed by atoms with Crippen molar-refractivity contribution in [3.63, 3.8) is 0 Å². The molecule has 3 fully saturated rings.